The molecular weight excluding hydrogens is 362 g/mol. The van der Waals surface area contributed by atoms with Crippen molar-refractivity contribution in [3.05, 3.63) is 65.0 Å². The van der Waals surface area contributed by atoms with Crippen LogP contribution in [0.15, 0.2) is 54.0 Å². The molecule has 0 bridgehead atoms. The lowest BCUT2D eigenvalue weighted by atomic mass is 10.1. The zero-order chi connectivity index (χ0) is 18.8. The Labute approximate surface area is 159 Å². The van der Waals surface area contributed by atoms with Gasteiger partial charge in [0.1, 0.15) is 13.2 Å². The van der Waals surface area contributed by atoms with Crippen LogP contribution in [-0.2, 0) is 6.54 Å². The van der Waals surface area contributed by atoms with Crippen LogP contribution >= 0.6 is 11.3 Å². The first-order chi connectivity index (χ1) is 13.2. The third-order valence-corrected chi connectivity index (χ3v) is 5.16. The smallest absolute Gasteiger partial charge is 0.279 e. The van der Waals surface area contributed by atoms with Crippen LogP contribution in [0.3, 0.4) is 0 Å². The lowest BCUT2D eigenvalue weighted by Gasteiger charge is -2.18. The fourth-order valence-electron chi connectivity index (χ4n) is 2.84. The Morgan fingerprint density at radius 3 is 2.63 bits per heavy atom. The molecule has 0 saturated carbocycles. The van der Waals surface area contributed by atoms with E-state index in [4.69, 9.17) is 14.7 Å². The second-order valence-corrected chi connectivity index (χ2v) is 6.86. The van der Waals surface area contributed by atoms with Gasteiger partial charge in [0.15, 0.2) is 16.3 Å². The average molecular weight is 377 g/mol. The average Bonchev–Trinajstić information content (AvgIpc) is 3.02. The van der Waals surface area contributed by atoms with Crippen LogP contribution in [0.5, 0.6) is 11.5 Å². The topological polar surface area (TPSA) is 76.6 Å². The Kier molecular flexibility index (Phi) is 4.48. The monoisotopic (exact) mass is 377 g/mol. The zero-order valence-corrected chi connectivity index (χ0v) is 15.2. The summed E-state index contributed by atoms with van der Waals surface area (Å²) in [4.78, 5) is 17.4. The summed E-state index contributed by atoms with van der Waals surface area (Å²) >= 11 is 1.41. The third-order valence-electron chi connectivity index (χ3n) is 4.12. The van der Waals surface area contributed by atoms with Crippen LogP contribution < -0.4 is 14.3 Å². The number of aromatic nitrogens is 1. The van der Waals surface area contributed by atoms with Crippen molar-refractivity contribution in [2.75, 3.05) is 13.2 Å². The summed E-state index contributed by atoms with van der Waals surface area (Å²) in [6.07, 6.45) is 1.76. The number of carbonyl (C=O) groups excluding carboxylic acids is 1. The predicted molar refractivity (Wildman–Crippen MR) is 102 cm³/mol. The highest BCUT2D eigenvalue weighted by molar-refractivity contribution is 7.16. The molecule has 6 nitrogen and oxygen atoms in total. The highest BCUT2D eigenvalue weighted by atomic mass is 32.1. The molecule has 2 heterocycles. The van der Waals surface area contributed by atoms with Gasteiger partial charge in [-0.25, -0.2) is 0 Å². The van der Waals surface area contributed by atoms with E-state index in [2.05, 4.69) is 11.6 Å². The van der Waals surface area contributed by atoms with Crippen molar-refractivity contribution in [2.24, 2.45) is 4.99 Å². The molecule has 0 saturated heterocycles. The molecule has 2 aromatic carbocycles. The van der Waals surface area contributed by atoms with Gasteiger partial charge in [-0.15, -0.1) is 6.58 Å². The fraction of sp³-hybridized carbons (Fsp3) is 0.150. The van der Waals surface area contributed by atoms with E-state index in [-0.39, 0.29) is 5.91 Å². The lowest BCUT2D eigenvalue weighted by molar-refractivity contribution is 0.0998. The molecule has 1 aliphatic rings. The Morgan fingerprint density at radius 2 is 1.96 bits per heavy atom. The summed E-state index contributed by atoms with van der Waals surface area (Å²) in [6, 6.07) is 12.3. The number of nitrogens with zero attached hydrogens (tertiary/aromatic N) is 3. The van der Waals surface area contributed by atoms with E-state index in [0.717, 1.165) is 10.2 Å². The largest absolute Gasteiger partial charge is 0.486 e. The Morgan fingerprint density at radius 1 is 1.26 bits per heavy atom. The van der Waals surface area contributed by atoms with E-state index in [1.807, 2.05) is 22.8 Å². The van der Waals surface area contributed by atoms with Gasteiger partial charge in [-0.1, -0.05) is 17.4 Å². The third kappa shape index (κ3) is 3.23. The molecule has 0 unspecified atom stereocenters. The zero-order valence-electron chi connectivity index (χ0n) is 14.3. The second-order valence-electron chi connectivity index (χ2n) is 5.85. The van der Waals surface area contributed by atoms with E-state index in [1.54, 1.807) is 30.3 Å². The maximum atomic E-state index is 12.6. The predicted octanol–water partition coefficient (Wildman–Crippen LogP) is 3.27. The number of amides is 1. The highest BCUT2D eigenvalue weighted by Gasteiger charge is 2.16. The Balaban J connectivity index is 1.82. The number of allylic oxidation sites excluding steroid dienone is 1. The van der Waals surface area contributed by atoms with Gasteiger partial charge in [-0.3, -0.25) is 4.79 Å². The molecule has 4 rings (SSSR count). The summed E-state index contributed by atoms with van der Waals surface area (Å²) < 4.78 is 14.2. The number of hydrogen-bond donors (Lipinski definition) is 0. The van der Waals surface area contributed by atoms with Crippen LogP contribution in [0, 0.1) is 11.3 Å². The second kappa shape index (κ2) is 7.09. The van der Waals surface area contributed by atoms with Crippen molar-refractivity contribution in [3.63, 3.8) is 0 Å². The Bertz CT molecular complexity index is 1150. The van der Waals surface area contributed by atoms with Gasteiger partial charge in [-0.2, -0.15) is 10.3 Å². The molecule has 0 fully saturated rings. The van der Waals surface area contributed by atoms with E-state index < -0.39 is 0 Å². The molecular formula is C20H15N3O3S. The van der Waals surface area contributed by atoms with Crippen LogP contribution in [-0.4, -0.2) is 23.7 Å². The van der Waals surface area contributed by atoms with Gasteiger partial charge in [0.2, 0.25) is 0 Å². The van der Waals surface area contributed by atoms with Gasteiger partial charge in [0, 0.05) is 24.2 Å². The van der Waals surface area contributed by atoms with E-state index in [0.29, 0.717) is 47.2 Å². The fourth-order valence-corrected chi connectivity index (χ4v) is 3.88. The lowest BCUT2D eigenvalue weighted by Crippen LogP contribution is -2.17. The molecule has 0 aliphatic carbocycles. The van der Waals surface area contributed by atoms with Crippen molar-refractivity contribution >= 4 is 27.5 Å². The first-order valence-electron chi connectivity index (χ1n) is 8.32. The molecule has 7 heteroatoms. The van der Waals surface area contributed by atoms with Crippen LogP contribution in [0.25, 0.3) is 10.2 Å². The van der Waals surface area contributed by atoms with Gasteiger partial charge in [0.05, 0.1) is 21.8 Å². The molecule has 27 heavy (non-hydrogen) atoms. The van der Waals surface area contributed by atoms with Gasteiger partial charge >= 0.3 is 0 Å². The number of fused-ring (bicyclic) bond motifs is 2. The minimum Gasteiger partial charge on any atom is -0.486 e. The summed E-state index contributed by atoms with van der Waals surface area (Å²) in [5.74, 6) is 1.03. The van der Waals surface area contributed by atoms with Gasteiger partial charge < -0.3 is 14.0 Å². The summed E-state index contributed by atoms with van der Waals surface area (Å²) in [6.45, 7) is 5.34. The quantitative estimate of drug-likeness (QED) is 0.657. The normalized spacial score (nSPS) is 13.4. The van der Waals surface area contributed by atoms with Crippen molar-refractivity contribution in [1.29, 1.82) is 5.26 Å². The maximum Gasteiger partial charge on any atom is 0.279 e. The molecule has 0 radical (unpaired) electrons. The molecule has 1 aliphatic heterocycles. The van der Waals surface area contributed by atoms with Crippen molar-refractivity contribution in [2.45, 2.75) is 6.54 Å². The number of nitriles is 1. The molecule has 0 spiro atoms. The SMILES string of the molecule is C=CCn1c(=NC(=O)c2ccc(C#N)cc2)sc2cc3c(cc21)OCCO3. The molecule has 1 aromatic heterocycles. The number of carbonyl (C=O) groups is 1. The van der Waals surface area contributed by atoms with Crippen LogP contribution in [0.1, 0.15) is 15.9 Å². The van der Waals surface area contributed by atoms with E-state index in [9.17, 15) is 4.79 Å². The van der Waals surface area contributed by atoms with Crippen molar-refractivity contribution in [3.8, 4) is 17.6 Å². The Hall–Kier alpha value is -3.37. The van der Waals surface area contributed by atoms with Crippen LogP contribution in [0.4, 0.5) is 0 Å². The summed E-state index contributed by atoms with van der Waals surface area (Å²) in [7, 11) is 0. The molecule has 0 N–H and O–H groups in total. The molecule has 0 atom stereocenters. The molecule has 3 aromatic rings. The first kappa shape index (κ1) is 17.1. The van der Waals surface area contributed by atoms with Crippen molar-refractivity contribution < 1.29 is 14.3 Å². The van der Waals surface area contributed by atoms with Gasteiger partial charge in [-0.05, 0) is 24.3 Å². The first-order valence-corrected chi connectivity index (χ1v) is 9.14. The number of rotatable bonds is 3. The molecule has 1 amide bonds. The highest BCUT2D eigenvalue weighted by Crippen LogP contribution is 2.35. The van der Waals surface area contributed by atoms with E-state index in [1.165, 1.54) is 11.3 Å². The van der Waals surface area contributed by atoms with Gasteiger partial charge in [0.25, 0.3) is 5.91 Å². The number of ether oxygens (including phenoxy) is 2. The van der Waals surface area contributed by atoms with Crippen molar-refractivity contribution in [1.82, 2.24) is 4.57 Å². The summed E-state index contributed by atoms with van der Waals surface area (Å²) in [5, 5.41) is 8.88. The maximum absolute atomic E-state index is 12.6. The van der Waals surface area contributed by atoms with Crippen LogP contribution in [0.2, 0.25) is 0 Å². The molecule has 134 valence electrons. The number of hydrogen-bond acceptors (Lipinski definition) is 5. The summed E-state index contributed by atoms with van der Waals surface area (Å²) in [5.41, 5.74) is 1.85. The minimum atomic E-state index is -0.360. The minimum absolute atomic E-state index is 0.360. The number of thiazole rings is 1. The van der Waals surface area contributed by atoms with E-state index >= 15 is 0 Å². The number of benzene rings is 2. The standard InChI is InChI=1S/C20H15N3O3S/c1-2-7-23-15-10-16-17(26-9-8-25-16)11-18(15)27-20(23)22-19(24)14-5-3-13(12-21)4-6-14/h2-6,10-11H,1,7-9H2.